The number of nitrogens with two attached hydrogens (primary N) is 4. The van der Waals surface area contributed by atoms with Crippen molar-refractivity contribution in [1.29, 1.82) is 0 Å². The molecule has 4 amide bonds. The van der Waals surface area contributed by atoms with Gasteiger partial charge in [-0.15, -0.1) is 12.4 Å². The Morgan fingerprint density at radius 2 is 1.36 bits per heavy atom. The first-order valence-corrected chi connectivity index (χ1v) is 14.1. The molecule has 0 radical (unpaired) electrons. The lowest BCUT2D eigenvalue weighted by molar-refractivity contribution is -0.384. The summed E-state index contributed by atoms with van der Waals surface area (Å²) in [5, 5.41) is 21.0. The van der Waals surface area contributed by atoms with Crippen LogP contribution in [0.2, 0.25) is 0 Å². The Balaban J connectivity index is 0.0000110. The molecule has 0 bridgehead atoms. The Labute approximate surface area is 276 Å². The molecule has 2 rings (SSSR count). The molecule has 19 heteroatoms. The predicted molar refractivity (Wildman–Crippen MR) is 177 cm³/mol. The van der Waals surface area contributed by atoms with Gasteiger partial charge >= 0.3 is 6.09 Å². The molecule has 0 fully saturated rings. The smallest absolute Gasteiger partial charge is 0.408 e. The summed E-state index contributed by atoms with van der Waals surface area (Å²) in [6.07, 6.45) is 0.0317. The summed E-state index contributed by atoms with van der Waals surface area (Å²) in [5.41, 5.74) is 22.2. The van der Waals surface area contributed by atoms with E-state index >= 15 is 0 Å². The van der Waals surface area contributed by atoms with Gasteiger partial charge in [0.2, 0.25) is 17.7 Å². The van der Waals surface area contributed by atoms with Crippen LogP contribution >= 0.6 is 12.4 Å². The number of halogens is 1. The fourth-order valence-corrected chi connectivity index (χ4v) is 3.88. The summed E-state index contributed by atoms with van der Waals surface area (Å²) in [6, 6.07) is 11.9. The number of nitro groups is 1. The van der Waals surface area contributed by atoms with Gasteiger partial charge in [0.25, 0.3) is 5.69 Å². The fraction of sp³-hybridized carbons (Fsp3) is 0.357. The van der Waals surface area contributed by atoms with Gasteiger partial charge in [-0.05, 0) is 43.4 Å². The number of hydrogen-bond donors (Lipinski definition) is 8. The van der Waals surface area contributed by atoms with Gasteiger partial charge in [0, 0.05) is 30.9 Å². The number of carbonyl (C=O) groups is 4. The molecule has 0 aliphatic carbocycles. The molecule has 0 saturated carbocycles. The number of guanidine groups is 2. The highest BCUT2D eigenvalue weighted by Crippen LogP contribution is 2.16. The van der Waals surface area contributed by atoms with Crippen LogP contribution in [0.5, 0.6) is 0 Å². The molecule has 256 valence electrons. The third-order valence-corrected chi connectivity index (χ3v) is 6.13. The zero-order valence-corrected chi connectivity index (χ0v) is 26.2. The van der Waals surface area contributed by atoms with Gasteiger partial charge in [-0.1, -0.05) is 30.3 Å². The highest BCUT2D eigenvalue weighted by atomic mass is 35.5. The van der Waals surface area contributed by atoms with E-state index in [0.717, 1.165) is 5.56 Å². The average Bonchev–Trinajstić information content (AvgIpc) is 3.02. The average molecular weight is 678 g/mol. The van der Waals surface area contributed by atoms with Crippen molar-refractivity contribution in [3.8, 4) is 0 Å². The molecule has 2 aromatic carbocycles. The Morgan fingerprint density at radius 3 is 1.89 bits per heavy atom. The molecule has 0 spiro atoms. The van der Waals surface area contributed by atoms with Gasteiger partial charge in [0.05, 0.1) is 11.5 Å². The van der Waals surface area contributed by atoms with E-state index in [2.05, 4.69) is 31.3 Å². The molecule has 0 aliphatic heterocycles. The first-order valence-electron chi connectivity index (χ1n) is 14.1. The third kappa shape index (κ3) is 16.3. The Bertz CT molecular complexity index is 1380. The van der Waals surface area contributed by atoms with Crippen molar-refractivity contribution in [2.75, 3.05) is 25.0 Å². The minimum atomic E-state index is -1.09. The quantitative estimate of drug-likeness (QED) is 0.0340. The van der Waals surface area contributed by atoms with Crippen molar-refractivity contribution < 1.29 is 28.8 Å². The zero-order chi connectivity index (χ0) is 33.9. The maximum Gasteiger partial charge on any atom is 0.408 e. The number of rotatable bonds is 18. The van der Waals surface area contributed by atoms with E-state index in [1.54, 1.807) is 24.3 Å². The fourth-order valence-electron chi connectivity index (χ4n) is 3.88. The number of anilines is 1. The first-order chi connectivity index (χ1) is 21.9. The van der Waals surface area contributed by atoms with Crippen LogP contribution in [0, 0.1) is 10.1 Å². The Morgan fingerprint density at radius 1 is 0.809 bits per heavy atom. The summed E-state index contributed by atoms with van der Waals surface area (Å²) < 4.78 is 5.21. The van der Waals surface area contributed by atoms with Gasteiger partial charge in [-0.25, -0.2) is 4.79 Å². The summed E-state index contributed by atoms with van der Waals surface area (Å²) in [6.45, 7) is -0.175. The monoisotopic (exact) mass is 677 g/mol. The van der Waals surface area contributed by atoms with Crippen LogP contribution < -0.4 is 44.2 Å². The molecule has 47 heavy (non-hydrogen) atoms. The van der Waals surface area contributed by atoms with Gasteiger partial charge in [0.15, 0.2) is 11.9 Å². The second-order valence-electron chi connectivity index (χ2n) is 9.79. The zero-order valence-electron chi connectivity index (χ0n) is 25.4. The number of ether oxygens (including phenoxy) is 1. The molecule has 18 nitrogen and oxygen atoms in total. The normalized spacial score (nSPS) is 11.3. The molecule has 0 saturated heterocycles. The number of amides is 4. The highest BCUT2D eigenvalue weighted by Gasteiger charge is 2.24. The number of nitrogens with zero attached hydrogens (tertiary/aromatic N) is 3. The molecular formula is C28H40ClN11O7. The van der Waals surface area contributed by atoms with Gasteiger partial charge < -0.3 is 48.9 Å². The third-order valence-electron chi connectivity index (χ3n) is 6.13. The predicted octanol–water partition coefficient (Wildman–Crippen LogP) is -0.0417. The number of alkyl carbamates (subject to hydrolysis) is 1. The lowest BCUT2D eigenvalue weighted by atomic mass is 10.1. The van der Waals surface area contributed by atoms with Crippen molar-refractivity contribution in [1.82, 2.24) is 16.0 Å². The van der Waals surface area contributed by atoms with Crippen LogP contribution in [0.15, 0.2) is 64.6 Å². The number of hydrogen-bond acceptors (Lipinski definition) is 9. The summed E-state index contributed by atoms with van der Waals surface area (Å²) in [7, 11) is 0. The van der Waals surface area contributed by atoms with E-state index in [1.165, 1.54) is 24.3 Å². The standard InChI is InChI=1S/C28H39N11O7.ClH/c29-26(30)33-14-4-8-21(38-28(43)46-17-18-6-2-1-3-7-18)24(41)35-16-23(40)37-22(9-5-15-34-27(31)32)25(42)36-19-10-12-20(13-11-19)39(44)45;/h1-3,6-7,10-13,21-22H,4-5,8-9,14-17H2,(H,35,41)(H,36,42)(H,37,40)(H,38,43)(H4,29,30,33)(H4,31,32,34);1H/t21-,22+;/m1./s1. The van der Waals surface area contributed by atoms with Crippen molar-refractivity contribution in [2.24, 2.45) is 32.9 Å². The molecule has 2 aromatic rings. The maximum atomic E-state index is 13.0. The topological polar surface area (TPSA) is 298 Å². The number of non-ortho nitro benzene ring substituents is 1. The molecule has 0 heterocycles. The SMILES string of the molecule is Cl.NC(N)=NCCC[C@H](NC(=O)CNC(=O)[C@@H](CCCN=C(N)N)NC(=O)OCc1ccccc1)C(=O)Nc1ccc([N+](=O)[O-])cc1. The van der Waals surface area contributed by atoms with Gasteiger partial charge in [-0.2, -0.15) is 0 Å². The lowest BCUT2D eigenvalue weighted by Crippen LogP contribution is -2.51. The largest absolute Gasteiger partial charge is 0.445 e. The van der Waals surface area contributed by atoms with Crippen molar-refractivity contribution >= 4 is 59.5 Å². The molecule has 0 aromatic heterocycles. The molecular weight excluding hydrogens is 638 g/mol. The van der Waals surface area contributed by atoms with E-state index in [4.69, 9.17) is 27.7 Å². The minimum Gasteiger partial charge on any atom is -0.445 e. The summed E-state index contributed by atoms with van der Waals surface area (Å²) in [4.78, 5) is 69.3. The number of nitrogens with one attached hydrogen (secondary N) is 4. The van der Waals surface area contributed by atoms with Crippen LogP contribution in [-0.2, 0) is 25.7 Å². The number of aliphatic imine (C=N–C) groups is 2. The first kappa shape index (κ1) is 39.4. The van der Waals surface area contributed by atoms with Crippen molar-refractivity contribution in [3.05, 3.63) is 70.3 Å². The van der Waals surface area contributed by atoms with Crippen LogP contribution in [0.4, 0.5) is 16.2 Å². The van der Waals surface area contributed by atoms with Crippen LogP contribution in [-0.4, -0.2) is 72.4 Å². The lowest BCUT2D eigenvalue weighted by Gasteiger charge is -2.20. The van der Waals surface area contributed by atoms with Gasteiger partial charge in [0.1, 0.15) is 18.7 Å². The van der Waals surface area contributed by atoms with Crippen LogP contribution in [0.25, 0.3) is 0 Å². The molecule has 12 N–H and O–H groups in total. The molecule has 2 atom stereocenters. The second-order valence-corrected chi connectivity index (χ2v) is 9.79. The van der Waals surface area contributed by atoms with Crippen LogP contribution in [0.1, 0.15) is 31.2 Å². The van der Waals surface area contributed by atoms with Gasteiger partial charge in [-0.3, -0.25) is 34.5 Å². The van der Waals surface area contributed by atoms with E-state index in [-0.39, 0.29) is 68.2 Å². The second kappa shape index (κ2) is 21.2. The maximum absolute atomic E-state index is 13.0. The molecule has 0 aliphatic rings. The number of nitro benzene ring substituents is 1. The van der Waals surface area contributed by atoms with E-state index in [0.29, 0.717) is 12.8 Å². The molecule has 0 unspecified atom stereocenters. The van der Waals surface area contributed by atoms with E-state index in [9.17, 15) is 29.3 Å². The Hall–Kier alpha value is -5.65. The van der Waals surface area contributed by atoms with Crippen molar-refractivity contribution in [3.63, 3.8) is 0 Å². The number of carbonyl (C=O) groups excluding carboxylic acids is 4. The highest BCUT2D eigenvalue weighted by molar-refractivity contribution is 5.98. The van der Waals surface area contributed by atoms with Crippen molar-refractivity contribution in [2.45, 2.75) is 44.4 Å². The Kier molecular flexibility index (Phi) is 17.7. The van der Waals surface area contributed by atoms with E-state index < -0.39 is 47.4 Å². The summed E-state index contributed by atoms with van der Waals surface area (Å²) in [5.74, 6) is -2.26. The van der Waals surface area contributed by atoms with E-state index in [1.807, 2.05) is 6.07 Å². The minimum absolute atomic E-state index is 0. The summed E-state index contributed by atoms with van der Waals surface area (Å²) >= 11 is 0. The number of benzene rings is 2. The van der Waals surface area contributed by atoms with Crippen LogP contribution in [0.3, 0.4) is 0 Å².